The molecule has 0 aliphatic carbocycles. The van der Waals surface area contributed by atoms with E-state index in [4.69, 9.17) is 0 Å². The van der Waals surface area contributed by atoms with Crippen molar-refractivity contribution in [2.45, 2.75) is 26.2 Å². The first kappa shape index (κ1) is 14.3. The number of imide groups is 1. The third-order valence-corrected chi connectivity index (χ3v) is 3.76. The Bertz CT molecular complexity index is 747. The number of carbonyl (C=O) groups is 3. The Morgan fingerprint density at radius 1 is 1.23 bits per heavy atom. The molecule has 0 saturated carbocycles. The maximum absolute atomic E-state index is 12.0. The molecule has 3 rings (SSSR count). The smallest absolute Gasteiger partial charge is 0.229 e. The fourth-order valence-electron chi connectivity index (χ4n) is 2.66. The zero-order valence-electron chi connectivity index (χ0n) is 12.3. The van der Waals surface area contributed by atoms with Crippen LogP contribution in [0.2, 0.25) is 0 Å². The predicted molar refractivity (Wildman–Crippen MR) is 82.2 cm³/mol. The van der Waals surface area contributed by atoms with Crippen molar-refractivity contribution in [3.05, 3.63) is 30.0 Å². The predicted octanol–water partition coefficient (Wildman–Crippen LogP) is 1.95. The molecule has 1 aromatic carbocycles. The minimum Gasteiger partial charge on any atom is -0.359 e. The summed E-state index contributed by atoms with van der Waals surface area (Å²) in [5, 5.41) is 3.82. The van der Waals surface area contributed by atoms with E-state index in [2.05, 4.69) is 10.3 Å². The Labute approximate surface area is 127 Å². The number of anilines is 1. The largest absolute Gasteiger partial charge is 0.359 e. The standard InChI is InChI=1S/C16H17N3O3/c1-10-8-11-9-12(2-3-13(11)17-10)18-14(20)6-7-19-15(21)4-5-16(19)22/h2-3,8-9,17H,4-7H2,1H3,(H,18,20). The van der Waals surface area contributed by atoms with E-state index >= 15 is 0 Å². The summed E-state index contributed by atoms with van der Waals surface area (Å²) >= 11 is 0. The molecule has 0 spiro atoms. The molecule has 0 radical (unpaired) electrons. The minimum atomic E-state index is -0.209. The first-order valence-electron chi connectivity index (χ1n) is 7.25. The summed E-state index contributed by atoms with van der Waals surface area (Å²) in [4.78, 5) is 39.3. The second kappa shape index (κ2) is 5.63. The van der Waals surface area contributed by atoms with Gasteiger partial charge in [-0.05, 0) is 31.2 Å². The van der Waals surface area contributed by atoms with Crippen molar-refractivity contribution in [1.82, 2.24) is 9.88 Å². The number of aryl methyl sites for hydroxylation is 1. The van der Waals surface area contributed by atoms with Gasteiger partial charge in [-0.15, -0.1) is 0 Å². The normalized spacial score (nSPS) is 14.9. The van der Waals surface area contributed by atoms with Gasteiger partial charge in [-0.2, -0.15) is 0 Å². The SMILES string of the molecule is Cc1cc2cc(NC(=O)CCN3C(=O)CCC3=O)ccc2[nH]1. The van der Waals surface area contributed by atoms with Crippen molar-refractivity contribution in [2.24, 2.45) is 0 Å². The lowest BCUT2D eigenvalue weighted by Crippen LogP contribution is -2.32. The highest BCUT2D eigenvalue weighted by atomic mass is 16.2. The van der Waals surface area contributed by atoms with Crippen molar-refractivity contribution < 1.29 is 14.4 Å². The summed E-state index contributed by atoms with van der Waals surface area (Å²) < 4.78 is 0. The van der Waals surface area contributed by atoms with Crippen LogP contribution in [0.1, 0.15) is 25.0 Å². The lowest BCUT2D eigenvalue weighted by atomic mass is 10.2. The Kier molecular flexibility index (Phi) is 3.66. The van der Waals surface area contributed by atoms with Crippen LogP contribution < -0.4 is 5.32 Å². The topological polar surface area (TPSA) is 82.3 Å². The summed E-state index contributed by atoms with van der Waals surface area (Å²) in [6, 6.07) is 7.63. The van der Waals surface area contributed by atoms with Gasteiger partial charge in [-0.3, -0.25) is 19.3 Å². The van der Waals surface area contributed by atoms with E-state index < -0.39 is 0 Å². The Morgan fingerprint density at radius 2 is 1.95 bits per heavy atom. The van der Waals surface area contributed by atoms with Crippen LogP contribution in [0.15, 0.2) is 24.3 Å². The van der Waals surface area contributed by atoms with Crippen molar-refractivity contribution in [3.8, 4) is 0 Å². The van der Waals surface area contributed by atoms with Gasteiger partial charge >= 0.3 is 0 Å². The molecule has 0 atom stereocenters. The number of aromatic amines is 1. The molecule has 114 valence electrons. The van der Waals surface area contributed by atoms with E-state index in [9.17, 15) is 14.4 Å². The number of hydrogen-bond acceptors (Lipinski definition) is 3. The molecule has 1 saturated heterocycles. The highest BCUT2D eigenvalue weighted by Gasteiger charge is 2.28. The molecule has 6 nitrogen and oxygen atoms in total. The van der Waals surface area contributed by atoms with E-state index in [0.717, 1.165) is 21.5 Å². The summed E-state index contributed by atoms with van der Waals surface area (Å²) in [6.45, 7) is 2.12. The van der Waals surface area contributed by atoms with Crippen LogP contribution in [0, 0.1) is 6.92 Å². The van der Waals surface area contributed by atoms with Crippen LogP contribution in [0.4, 0.5) is 5.69 Å². The summed E-state index contributed by atoms with van der Waals surface area (Å²) in [7, 11) is 0. The van der Waals surface area contributed by atoms with E-state index in [0.29, 0.717) is 5.69 Å². The highest BCUT2D eigenvalue weighted by molar-refractivity contribution is 6.02. The summed E-state index contributed by atoms with van der Waals surface area (Å²) in [5.41, 5.74) is 2.78. The first-order valence-corrected chi connectivity index (χ1v) is 7.25. The van der Waals surface area contributed by atoms with Crippen LogP contribution >= 0.6 is 0 Å². The van der Waals surface area contributed by atoms with Gasteiger partial charge in [0.05, 0.1) is 0 Å². The third-order valence-electron chi connectivity index (χ3n) is 3.76. The molecule has 22 heavy (non-hydrogen) atoms. The average molecular weight is 299 g/mol. The molecular weight excluding hydrogens is 282 g/mol. The second-order valence-electron chi connectivity index (χ2n) is 5.49. The molecule has 2 N–H and O–H groups in total. The maximum Gasteiger partial charge on any atom is 0.229 e. The van der Waals surface area contributed by atoms with Crippen molar-refractivity contribution in [3.63, 3.8) is 0 Å². The molecule has 1 aliphatic rings. The number of H-pyrrole nitrogens is 1. The van der Waals surface area contributed by atoms with Gasteiger partial charge in [-0.25, -0.2) is 0 Å². The Hall–Kier alpha value is -2.63. The van der Waals surface area contributed by atoms with E-state index in [1.165, 1.54) is 0 Å². The van der Waals surface area contributed by atoms with Gasteiger partial charge < -0.3 is 10.3 Å². The fourth-order valence-corrected chi connectivity index (χ4v) is 2.66. The zero-order valence-corrected chi connectivity index (χ0v) is 12.3. The highest BCUT2D eigenvalue weighted by Crippen LogP contribution is 2.20. The Balaban J connectivity index is 1.60. The molecule has 1 aliphatic heterocycles. The van der Waals surface area contributed by atoms with Crippen LogP contribution in [-0.2, 0) is 14.4 Å². The molecule has 0 bridgehead atoms. The van der Waals surface area contributed by atoms with E-state index in [1.54, 1.807) is 0 Å². The van der Waals surface area contributed by atoms with Crippen LogP contribution in [-0.4, -0.2) is 34.2 Å². The summed E-state index contributed by atoms with van der Waals surface area (Å²) in [5.74, 6) is -0.594. The molecule has 1 aromatic heterocycles. The molecular formula is C16H17N3O3. The number of likely N-dealkylation sites (tertiary alicyclic amines) is 1. The number of fused-ring (bicyclic) bond motifs is 1. The third kappa shape index (κ3) is 2.86. The number of benzene rings is 1. The number of carbonyl (C=O) groups excluding carboxylic acids is 3. The van der Waals surface area contributed by atoms with Crippen molar-refractivity contribution in [2.75, 3.05) is 11.9 Å². The fraction of sp³-hybridized carbons (Fsp3) is 0.312. The summed E-state index contributed by atoms with van der Waals surface area (Å²) in [6.07, 6.45) is 0.621. The number of aromatic nitrogens is 1. The van der Waals surface area contributed by atoms with Gasteiger partial charge in [-0.1, -0.05) is 0 Å². The Morgan fingerprint density at radius 3 is 2.68 bits per heavy atom. The van der Waals surface area contributed by atoms with Crippen LogP contribution in [0.5, 0.6) is 0 Å². The zero-order chi connectivity index (χ0) is 15.7. The molecule has 3 amide bonds. The van der Waals surface area contributed by atoms with Gasteiger partial charge in [0.2, 0.25) is 17.7 Å². The van der Waals surface area contributed by atoms with E-state index in [-0.39, 0.29) is 43.5 Å². The number of nitrogens with zero attached hydrogens (tertiary/aromatic N) is 1. The van der Waals surface area contributed by atoms with Gasteiger partial charge in [0, 0.05) is 48.1 Å². The van der Waals surface area contributed by atoms with E-state index in [1.807, 2.05) is 31.2 Å². The number of amides is 3. The number of nitrogens with one attached hydrogen (secondary N) is 2. The number of rotatable bonds is 4. The minimum absolute atomic E-state index is 0.113. The average Bonchev–Trinajstić information content (AvgIpc) is 2.98. The lowest BCUT2D eigenvalue weighted by Gasteiger charge is -2.13. The van der Waals surface area contributed by atoms with Crippen molar-refractivity contribution >= 4 is 34.3 Å². The molecule has 2 aromatic rings. The molecule has 6 heteroatoms. The van der Waals surface area contributed by atoms with Crippen LogP contribution in [0.25, 0.3) is 10.9 Å². The van der Waals surface area contributed by atoms with Gasteiger partial charge in [0.25, 0.3) is 0 Å². The number of hydrogen-bond donors (Lipinski definition) is 2. The second-order valence-corrected chi connectivity index (χ2v) is 5.49. The molecule has 2 heterocycles. The lowest BCUT2D eigenvalue weighted by molar-refractivity contribution is -0.138. The first-order chi connectivity index (χ1) is 10.5. The van der Waals surface area contributed by atoms with Gasteiger partial charge in [0.15, 0.2) is 0 Å². The molecule has 0 unspecified atom stereocenters. The van der Waals surface area contributed by atoms with Crippen LogP contribution in [0.3, 0.4) is 0 Å². The molecule has 1 fully saturated rings. The van der Waals surface area contributed by atoms with Gasteiger partial charge in [0.1, 0.15) is 0 Å². The maximum atomic E-state index is 12.0. The van der Waals surface area contributed by atoms with Crippen molar-refractivity contribution in [1.29, 1.82) is 0 Å². The quantitative estimate of drug-likeness (QED) is 0.847. The monoisotopic (exact) mass is 299 g/mol.